The number of aromatic amines is 1. The van der Waals surface area contributed by atoms with Gasteiger partial charge in [0.15, 0.2) is 11.9 Å². The standard InChI is InChI=1S/C45H62N14O10.C4H11N3/c1-25(60)54-31(13-8-20-51-45(48)49)41(66)57-32-14-7-19-50-37(62)18-16-30(39(47)64)56-44(69)35(22-27-23-52-29-12-6-5-11-28(27)29)55-38(63)24-53-40(65)34(21-26-9-3-2-4-10-26)59-43(68)33(58-42(32)67)15-17-36(46)61;1-2-3-7-4(5)6/h2-6,9-12,23,30-35,52H,7-8,13-22,24H2,1H3,(H2,46,61)(H2,47,64)(H,50,62)(H,53,65)(H,54,60)(H,55,63)(H,56,69)(H,57,66)(H,58,67)(H,59,68)(H4,48,49,51);2-3H2,1H3,(H4,5,6,7)/t30?,31?,32?,33-,34?,35-;/m0./s1. The molecule has 3 aromatic rings. The van der Waals surface area contributed by atoms with E-state index in [1.807, 2.05) is 25.1 Å². The number of primary amides is 2. The number of carbonyl (C=O) groups is 10. The minimum Gasteiger partial charge on any atom is -0.370 e. The third kappa shape index (κ3) is 23.0. The van der Waals surface area contributed by atoms with Crippen LogP contribution in [0.2, 0.25) is 0 Å². The number of nitrogens with two attached hydrogens (primary N) is 6. The molecule has 0 saturated carbocycles. The van der Waals surface area contributed by atoms with Gasteiger partial charge in [0.1, 0.15) is 36.3 Å². The van der Waals surface area contributed by atoms with E-state index in [9.17, 15) is 47.9 Å². The maximum atomic E-state index is 14.1. The molecule has 4 unspecified atom stereocenters. The first-order chi connectivity index (χ1) is 36.2. The molecule has 27 nitrogen and oxygen atoms in total. The van der Waals surface area contributed by atoms with Gasteiger partial charge >= 0.3 is 0 Å². The number of benzene rings is 2. The number of aliphatic imine (C=N–C) groups is 2. The Morgan fingerprint density at radius 1 is 0.711 bits per heavy atom. The summed E-state index contributed by atoms with van der Waals surface area (Å²) in [6.07, 6.45) is 1.47. The summed E-state index contributed by atoms with van der Waals surface area (Å²) in [6.45, 7) is 3.34. The van der Waals surface area contributed by atoms with Crippen LogP contribution in [0.15, 0.2) is 70.8 Å². The second-order valence-corrected chi connectivity index (χ2v) is 17.8. The molecule has 1 aliphatic heterocycles. The molecule has 4 rings (SSSR count). The number of para-hydroxylation sites is 1. The quantitative estimate of drug-likeness (QED) is 0.0350. The van der Waals surface area contributed by atoms with Crippen molar-refractivity contribution in [1.82, 2.24) is 47.5 Å². The first-order valence-electron chi connectivity index (χ1n) is 24.8. The lowest BCUT2D eigenvalue weighted by molar-refractivity contribution is -0.135. The van der Waals surface area contributed by atoms with Crippen molar-refractivity contribution >= 4 is 81.9 Å². The minimum atomic E-state index is -1.51. The van der Waals surface area contributed by atoms with E-state index in [-0.39, 0.29) is 89.2 Å². The third-order valence-corrected chi connectivity index (χ3v) is 11.5. The highest BCUT2D eigenvalue weighted by Crippen LogP contribution is 2.19. The first kappa shape index (κ1) is 61.5. The van der Waals surface area contributed by atoms with E-state index in [1.54, 1.807) is 42.6 Å². The van der Waals surface area contributed by atoms with Gasteiger partial charge in [-0.1, -0.05) is 55.5 Å². The van der Waals surface area contributed by atoms with Crippen molar-refractivity contribution in [3.63, 3.8) is 0 Å². The minimum absolute atomic E-state index is 0.0552. The van der Waals surface area contributed by atoms with Crippen molar-refractivity contribution < 1.29 is 47.9 Å². The molecule has 1 aliphatic rings. The molecule has 6 atom stereocenters. The molecule has 0 radical (unpaired) electrons. The highest BCUT2D eigenvalue weighted by atomic mass is 16.2. The lowest BCUT2D eigenvalue weighted by Crippen LogP contribution is -2.59. The summed E-state index contributed by atoms with van der Waals surface area (Å²) in [5.74, 6) is -7.93. The Labute approximate surface area is 439 Å². The van der Waals surface area contributed by atoms with Gasteiger partial charge in [-0.25, -0.2) is 0 Å². The Morgan fingerprint density at radius 3 is 2.00 bits per heavy atom. The normalized spacial score (nSPS) is 19.7. The van der Waals surface area contributed by atoms with Crippen LogP contribution in [0.25, 0.3) is 10.9 Å². The molecule has 1 saturated heterocycles. The summed E-state index contributed by atoms with van der Waals surface area (Å²) in [4.78, 5) is 144. The molecule has 76 heavy (non-hydrogen) atoms. The summed E-state index contributed by atoms with van der Waals surface area (Å²) in [7, 11) is 0. The number of aromatic nitrogens is 1. The topological polar surface area (TPSA) is 464 Å². The summed E-state index contributed by atoms with van der Waals surface area (Å²) in [6, 6.07) is 7.69. The van der Waals surface area contributed by atoms with Crippen LogP contribution >= 0.6 is 0 Å². The number of carbonyl (C=O) groups excluding carboxylic acids is 10. The molecule has 10 amide bonds. The van der Waals surface area contributed by atoms with Gasteiger partial charge in [0.2, 0.25) is 59.1 Å². The molecular formula is C49H73N17O10. The zero-order valence-corrected chi connectivity index (χ0v) is 42.8. The molecule has 0 spiro atoms. The zero-order valence-electron chi connectivity index (χ0n) is 42.8. The largest absolute Gasteiger partial charge is 0.370 e. The van der Waals surface area contributed by atoms with E-state index in [0.29, 0.717) is 11.1 Å². The van der Waals surface area contributed by atoms with Crippen LogP contribution in [0.3, 0.4) is 0 Å². The van der Waals surface area contributed by atoms with Crippen LogP contribution in [0.1, 0.15) is 82.8 Å². The lowest BCUT2D eigenvalue weighted by atomic mass is 10.0. The van der Waals surface area contributed by atoms with E-state index in [2.05, 4.69) is 57.5 Å². The van der Waals surface area contributed by atoms with Gasteiger partial charge < -0.3 is 81.9 Å². The summed E-state index contributed by atoms with van der Waals surface area (Å²) in [5.41, 5.74) is 33.9. The Kier molecular flexibility index (Phi) is 26.2. The number of guanidine groups is 2. The lowest BCUT2D eigenvalue weighted by Gasteiger charge is -2.26. The van der Waals surface area contributed by atoms with Crippen molar-refractivity contribution in [2.75, 3.05) is 26.2 Å². The Hall–Kier alpha value is -8.78. The van der Waals surface area contributed by atoms with Crippen LogP contribution < -0.4 is 76.9 Å². The summed E-state index contributed by atoms with van der Waals surface area (Å²) < 4.78 is 0. The number of amides is 10. The van der Waals surface area contributed by atoms with Crippen molar-refractivity contribution in [3.05, 3.63) is 71.9 Å². The van der Waals surface area contributed by atoms with E-state index < -0.39 is 102 Å². The molecule has 0 bridgehead atoms. The van der Waals surface area contributed by atoms with Crippen molar-refractivity contribution in [2.45, 2.75) is 121 Å². The van der Waals surface area contributed by atoms with E-state index >= 15 is 0 Å². The van der Waals surface area contributed by atoms with Crippen LogP contribution in [0.5, 0.6) is 0 Å². The molecule has 27 heteroatoms. The van der Waals surface area contributed by atoms with Gasteiger partial charge in [0, 0.05) is 69.3 Å². The zero-order chi connectivity index (χ0) is 56.2. The molecule has 1 aromatic heterocycles. The molecule has 1 fully saturated rings. The van der Waals surface area contributed by atoms with E-state index in [4.69, 9.17) is 34.4 Å². The molecular weight excluding hydrogens is 987 g/mol. The maximum absolute atomic E-state index is 14.1. The van der Waals surface area contributed by atoms with Gasteiger partial charge in [-0.15, -0.1) is 0 Å². The molecule has 0 aliphatic carbocycles. The Morgan fingerprint density at radius 2 is 1.36 bits per heavy atom. The van der Waals surface area contributed by atoms with Crippen LogP contribution in [0.4, 0.5) is 0 Å². The number of rotatable bonds is 17. The predicted molar refractivity (Wildman–Crippen MR) is 282 cm³/mol. The average Bonchev–Trinajstić information content (AvgIpc) is 3.78. The van der Waals surface area contributed by atoms with Crippen molar-refractivity contribution in [3.8, 4) is 0 Å². The van der Waals surface area contributed by atoms with Gasteiger partial charge in [0.05, 0.1) is 6.54 Å². The Balaban J connectivity index is 0.00000202. The highest BCUT2D eigenvalue weighted by Gasteiger charge is 2.33. The third-order valence-electron chi connectivity index (χ3n) is 11.5. The molecule has 21 N–H and O–H groups in total. The highest BCUT2D eigenvalue weighted by molar-refractivity contribution is 5.97. The maximum Gasteiger partial charge on any atom is 0.243 e. The second-order valence-electron chi connectivity index (χ2n) is 17.8. The monoisotopic (exact) mass is 1060 g/mol. The number of hydrogen-bond acceptors (Lipinski definition) is 12. The molecule has 414 valence electrons. The van der Waals surface area contributed by atoms with Gasteiger partial charge in [-0.05, 0) is 62.1 Å². The number of nitrogens with zero attached hydrogens (tertiary/aromatic N) is 2. The fourth-order valence-electron chi connectivity index (χ4n) is 7.68. The molecule has 2 heterocycles. The van der Waals surface area contributed by atoms with Gasteiger partial charge in [-0.2, -0.15) is 0 Å². The van der Waals surface area contributed by atoms with Crippen molar-refractivity contribution in [1.29, 1.82) is 0 Å². The SMILES string of the molecule is CC(=O)NC(CCCN=C(N)N)C(=O)NC1CCCNC(=O)CCC(C(N)=O)NC(=O)[C@H](Cc2c[nH]c3ccccc23)NC(=O)CNC(=O)C(Cc2ccccc2)NC(=O)[C@H](CCC(N)=O)NC1=O.CCCN=C(N)N. The Bertz CT molecular complexity index is 2530. The number of H-pyrrole nitrogens is 1. The number of fused-ring (bicyclic) bond motifs is 1. The van der Waals surface area contributed by atoms with Crippen LogP contribution in [-0.4, -0.2) is 138 Å². The van der Waals surface area contributed by atoms with Crippen LogP contribution in [0, 0.1) is 0 Å². The summed E-state index contributed by atoms with van der Waals surface area (Å²) >= 11 is 0. The van der Waals surface area contributed by atoms with E-state index in [1.165, 1.54) is 6.92 Å². The fraction of sp³-hybridized carbons (Fsp3) is 0.469. The second kappa shape index (κ2) is 32.4. The number of hydrogen-bond donors (Lipinski definition) is 15. The smallest absolute Gasteiger partial charge is 0.243 e. The van der Waals surface area contributed by atoms with Crippen LogP contribution in [-0.2, 0) is 60.8 Å². The fourth-order valence-corrected chi connectivity index (χ4v) is 7.68. The molecule has 2 aromatic carbocycles. The first-order valence-corrected chi connectivity index (χ1v) is 24.8. The van der Waals surface area contributed by atoms with E-state index in [0.717, 1.165) is 23.9 Å². The van der Waals surface area contributed by atoms with Gasteiger partial charge in [0.25, 0.3) is 0 Å². The van der Waals surface area contributed by atoms with Crippen molar-refractivity contribution in [2.24, 2.45) is 44.4 Å². The van der Waals surface area contributed by atoms with Gasteiger partial charge in [-0.3, -0.25) is 57.9 Å². The average molecular weight is 1060 g/mol. The predicted octanol–water partition coefficient (Wildman–Crippen LogP) is -3.84. The summed E-state index contributed by atoms with van der Waals surface area (Å²) in [5, 5.41) is 21.4. The number of nitrogens with one attached hydrogen (secondary N) is 9.